The molecule has 2 aromatic heterocycles. The van der Waals surface area contributed by atoms with Gasteiger partial charge in [-0.3, -0.25) is 4.79 Å². The van der Waals surface area contributed by atoms with Gasteiger partial charge in [-0.1, -0.05) is 38.4 Å². The van der Waals surface area contributed by atoms with Crippen molar-refractivity contribution >= 4 is 25.9 Å². The molecule has 1 fully saturated rings. The largest absolute Gasteiger partial charge is 0.414 e. The smallest absolute Gasteiger partial charge is 0.251 e. The number of pyridine rings is 1. The third kappa shape index (κ3) is 6.69. The maximum Gasteiger partial charge on any atom is 0.251 e. The molecule has 3 heterocycles. The van der Waals surface area contributed by atoms with E-state index in [1.165, 1.54) is 12.1 Å². The number of benzene rings is 1. The van der Waals surface area contributed by atoms with E-state index in [0.717, 1.165) is 12.8 Å². The molecule has 1 saturated heterocycles. The second-order valence-corrected chi connectivity index (χ2v) is 16.4. The van der Waals surface area contributed by atoms with Crippen LogP contribution in [0.15, 0.2) is 53.6 Å². The molecule has 38 heavy (non-hydrogen) atoms. The summed E-state index contributed by atoms with van der Waals surface area (Å²) in [7, 11) is -2.13. The summed E-state index contributed by atoms with van der Waals surface area (Å²) in [6.45, 7) is 12.4. The molecule has 10 heteroatoms. The van der Waals surface area contributed by atoms with Crippen molar-refractivity contribution in [2.45, 2.75) is 63.8 Å². The molecular formula is C28H36ClFN4O3Si. The number of nitrogens with one attached hydrogen (secondary N) is 1. The molecule has 204 valence electrons. The first-order chi connectivity index (χ1) is 17.9. The maximum absolute atomic E-state index is 14.4. The Labute approximate surface area is 229 Å². The highest BCUT2D eigenvalue weighted by molar-refractivity contribution is 6.74. The number of hydrogen-bond donors (Lipinski definition) is 1. The van der Waals surface area contributed by atoms with Gasteiger partial charge in [0, 0.05) is 43.3 Å². The van der Waals surface area contributed by atoms with E-state index in [9.17, 15) is 9.18 Å². The van der Waals surface area contributed by atoms with Gasteiger partial charge in [0.05, 0.1) is 23.4 Å². The van der Waals surface area contributed by atoms with Crippen LogP contribution in [0.1, 0.15) is 45.2 Å². The molecule has 0 unspecified atom stereocenters. The van der Waals surface area contributed by atoms with Gasteiger partial charge in [-0.15, -0.1) is 0 Å². The lowest BCUT2D eigenvalue weighted by Gasteiger charge is -2.37. The summed E-state index contributed by atoms with van der Waals surface area (Å²) < 4.78 is 27.9. The highest BCUT2D eigenvalue weighted by Crippen LogP contribution is 2.37. The van der Waals surface area contributed by atoms with Crippen LogP contribution in [0.4, 0.5) is 10.3 Å². The van der Waals surface area contributed by atoms with Crippen molar-refractivity contribution in [3.63, 3.8) is 0 Å². The normalized spacial score (nSPS) is 15.9. The van der Waals surface area contributed by atoms with Gasteiger partial charge in [0.1, 0.15) is 5.82 Å². The Bertz CT molecular complexity index is 1320. The number of ether oxygens (including phenoxy) is 1. The standard InChI is InChI=1S/C28H36ClFN4O3Si/c1-28(2,3)38(4,5)37-18-25(20-6-7-22(29)23(30)16-20)34-13-9-19(17-26(34)35)24-8-12-31-27(33-24)32-21-10-14-36-15-11-21/h6-9,12-13,16-17,21,25H,10-11,14-15,18H2,1-5H3,(H,31,32,33)/t25-/m1/s1. The van der Waals surface area contributed by atoms with Crippen LogP contribution >= 0.6 is 11.6 Å². The molecule has 0 aliphatic carbocycles. The van der Waals surface area contributed by atoms with E-state index in [1.807, 2.05) is 6.07 Å². The average molecular weight is 559 g/mol. The first-order valence-corrected chi connectivity index (χ1v) is 16.2. The number of nitrogens with zero attached hydrogens (tertiary/aromatic N) is 3. The maximum atomic E-state index is 14.4. The summed E-state index contributed by atoms with van der Waals surface area (Å²) in [6, 6.07) is 9.53. The lowest BCUT2D eigenvalue weighted by atomic mass is 10.1. The molecule has 1 aromatic carbocycles. The van der Waals surface area contributed by atoms with Gasteiger partial charge in [0.25, 0.3) is 5.56 Å². The van der Waals surface area contributed by atoms with Crippen LogP contribution in [0, 0.1) is 5.82 Å². The van der Waals surface area contributed by atoms with Crippen molar-refractivity contribution in [3.8, 4) is 11.3 Å². The molecular weight excluding hydrogens is 523 g/mol. The van der Waals surface area contributed by atoms with E-state index in [0.29, 0.717) is 36.0 Å². The van der Waals surface area contributed by atoms with Gasteiger partial charge in [0.15, 0.2) is 8.32 Å². The number of aromatic nitrogens is 3. The lowest BCUT2D eigenvalue weighted by molar-refractivity contribution is 0.0903. The highest BCUT2D eigenvalue weighted by atomic mass is 35.5. The fraction of sp³-hybridized carbons (Fsp3) is 0.464. The molecule has 3 aromatic rings. The summed E-state index contributed by atoms with van der Waals surface area (Å²) in [4.78, 5) is 22.4. The Morgan fingerprint density at radius 3 is 2.61 bits per heavy atom. The van der Waals surface area contributed by atoms with Crippen molar-refractivity contribution < 1.29 is 13.6 Å². The zero-order chi connectivity index (χ0) is 27.5. The minimum atomic E-state index is -2.13. The zero-order valence-corrected chi connectivity index (χ0v) is 24.4. The van der Waals surface area contributed by atoms with Crippen LogP contribution in [0.5, 0.6) is 0 Å². The number of rotatable bonds is 8. The third-order valence-electron chi connectivity index (χ3n) is 7.53. The monoisotopic (exact) mass is 558 g/mol. The van der Waals surface area contributed by atoms with Crippen LogP contribution < -0.4 is 10.9 Å². The Kier molecular flexibility index (Phi) is 8.71. The molecule has 4 rings (SSSR count). The Morgan fingerprint density at radius 1 is 1.21 bits per heavy atom. The van der Waals surface area contributed by atoms with Crippen molar-refractivity contribution in [2.24, 2.45) is 0 Å². The van der Waals surface area contributed by atoms with Crippen molar-refractivity contribution in [3.05, 3.63) is 75.5 Å². The third-order valence-corrected chi connectivity index (χ3v) is 12.3. The number of anilines is 1. The second-order valence-electron chi connectivity index (χ2n) is 11.2. The SMILES string of the molecule is CC(C)(C)[Si](C)(C)OC[C@H](c1ccc(Cl)c(F)c1)n1ccc(-c2ccnc(NC3CCOCC3)n2)cc1=O. The van der Waals surface area contributed by atoms with Crippen molar-refractivity contribution in [1.29, 1.82) is 0 Å². The Morgan fingerprint density at radius 2 is 1.95 bits per heavy atom. The molecule has 0 bridgehead atoms. The van der Waals surface area contributed by atoms with Gasteiger partial charge >= 0.3 is 0 Å². The van der Waals surface area contributed by atoms with E-state index in [4.69, 9.17) is 20.8 Å². The second kappa shape index (κ2) is 11.7. The summed E-state index contributed by atoms with van der Waals surface area (Å²) in [5, 5.41) is 3.39. The van der Waals surface area contributed by atoms with Gasteiger partial charge in [-0.25, -0.2) is 14.4 Å². The average Bonchev–Trinajstić information content (AvgIpc) is 2.87. The number of hydrogen-bond acceptors (Lipinski definition) is 6. The molecule has 0 saturated carbocycles. The summed E-state index contributed by atoms with van der Waals surface area (Å²) >= 11 is 5.94. The lowest BCUT2D eigenvalue weighted by Crippen LogP contribution is -2.43. The van der Waals surface area contributed by atoms with Crippen molar-refractivity contribution in [1.82, 2.24) is 14.5 Å². The zero-order valence-electron chi connectivity index (χ0n) is 22.6. The molecule has 7 nitrogen and oxygen atoms in total. The predicted octanol–water partition coefficient (Wildman–Crippen LogP) is 6.30. The molecule has 1 atom stereocenters. The molecule has 0 amide bonds. The molecule has 0 spiro atoms. The van der Waals surface area contributed by atoms with E-state index in [1.54, 1.807) is 35.2 Å². The van der Waals surface area contributed by atoms with Crippen LogP contribution in [0.2, 0.25) is 23.2 Å². The van der Waals surface area contributed by atoms with E-state index in [2.05, 4.69) is 49.1 Å². The fourth-order valence-corrected chi connectivity index (χ4v) is 5.21. The van der Waals surface area contributed by atoms with Gasteiger partial charge in [-0.05, 0) is 60.8 Å². The fourth-order valence-electron chi connectivity index (χ4n) is 4.08. The van der Waals surface area contributed by atoms with Crippen LogP contribution in [-0.2, 0) is 9.16 Å². The molecule has 1 aliphatic heterocycles. The van der Waals surface area contributed by atoms with Gasteiger partial charge in [-0.2, -0.15) is 0 Å². The van der Waals surface area contributed by atoms with Gasteiger partial charge < -0.3 is 19.0 Å². The summed E-state index contributed by atoms with van der Waals surface area (Å²) in [6.07, 6.45) is 5.19. The predicted molar refractivity (Wildman–Crippen MR) is 152 cm³/mol. The van der Waals surface area contributed by atoms with Crippen LogP contribution in [0.25, 0.3) is 11.3 Å². The number of halogens is 2. The summed E-state index contributed by atoms with van der Waals surface area (Å²) in [5.74, 6) is -0.00688. The highest BCUT2D eigenvalue weighted by Gasteiger charge is 2.38. The van der Waals surface area contributed by atoms with E-state index >= 15 is 0 Å². The summed E-state index contributed by atoms with van der Waals surface area (Å²) in [5.41, 5.74) is 1.70. The molecule has 1 aliphatic rings. The molecule has 1 N–H and O–H groups in total. The van der Waals surface area contributed by atoms with E-state index in [-0.39, 0.29) is 28.3 Å². The van der Waals surface area contributed by atoms with E-state index < -0.39 is 20.2 Å². The molecule has 0 radical (unpaired) electrons. The first kappa shape index (κ1) is 28.4. The quantitative estimate of drug-likeness (QED) is 0.327. The topological polar surface area (TPSA) is 78.3 Å². The van der Waals surface area contributed by atoms with Crippen molar-refractivity contribution in [2.75, 3.05) is 25.1 Å². The minimum Gasteiger partial charge on any atom is -0.414 e. The first-order valence-electron chi connectivity index (χ1n) is 12.9. The Balaban J connectivity index is 1.63. The van der Waals surface area contributed by atoms with Gasteiger partial charge in [0.2, 0.25) is 5.95 Å². The van der Waals surface area contributed by atoms with Crippen LogP contribution in [-0.4, -0.2) is 48.7 Å². The minimum absolute atomic E-state index is 0.0129. The van der Waals surface area contributed by atoms with Crippen LogP contribution in [0.3, 0.4) is 0 Å². The Hall–Kier alpha value is -2.59.